The summed E-state index contributed by atoms with van der Waals surface area (Å²) in [7, 11) is 0. The molecular formula is C25H25N3O6. The lowest BCUT2D eigenvalue weighted by molar-refractivity contribution is -0.143. The molecule has 9 heteroatoms. The van der Waals surface area contributed by atoms with Gasteiger partial charge >= 0.3 is 12.1 Å². The van der Waals surface area contributed by atoms with Gasteiger partial charge in [-0.15, -0.1) is 0 Å². The molecule has 0 aliphatic heterocycles. The molecular weight excluding hydrogens is 438 g/mol. The fourth-order valence-corrected chi connectivity index (χ4v) is 3.99. The summed E-state index contributed by atoms with van der Waals surface area (Å²) < 4.78 is 10.4. The van der Waals surface area contributed by atoms with Gasteiger partial charge < -0.3 is 25.0 Å². The minimum Gasteiger partial charge on any atom is -0.480 e. The first-order chi connectivity index (χ1) is 16.3. The Hall–Kier alpha value is -4.14. The van der Waals surface area contributed by atoms with E-state index in [0.29, 0.717) is 0 Å². The van der Waals surface area contributed by atoms with Gasteiger partial charge in [0.05, 0.1) is 6.54 Å². The number of carboxylic acid groups (broad SMARTS) is 1. The van der Waals surface area contributed by atoms with Gasteiger partial charge in [-0.2, -0.15) is 0 Å². The largest absolute Gasteiger partial charge is 0.480 e. The van der Waals surface area contributed by atoms with E-state index in [4.69, 9.17) is 9.26 Å². The molecule has 176 valence electrons. The number of fused-ring (bicyclic) bond motifs is 3. The minimum atomic E-state index is -1.44. The zero-order valence-electron chi connectivity index (χ0n) is 18.8. The third-order valence-corrected chi connectivity index (χ3v) is 6.20. The van der Waals surface area contributed by atoms with Gasteiger partial charge in [0.15, 0.2) is 0 Å². The molecule has 2 amide bonds. The number of amides is 2. The van der Waals surface area contributed by atoms with Crippen LogP contribution in [0.1, 0.15) is 53.4 Å². The Bertz CT molecular complexity index is 1190. The Balaban J connectivity index is 1.37. The number of carboxylic acids is 1. The Kier molecular flexibility index (Phi) is 6.36. The smallest absolute Gasteiger partial charge is 0.407 e. The van der Waals surface area contributed by atoms with Crippen LogP contribution < -0.4 is 10.6 Å². The minimum absolute atomic E-state index is 0.0415. The highest BCUT2D eigenvalue weighted by molar-refractivity contribution is 5.98. The highest BCUT2D eigenvalue weighted by Crippen LogP contribution is 2.44. The maximum Gasteiger partial charge on any atom is 0.407 e. The van der Waals surface area contributed by atoms with Crippen molar-refractivity contribution >= 4 is 18.0 Å². The van der Waals surface area contributed by atoms with E-state index in [1.807, 2.05) is 36.4 Å². The first-order valence-electron chi connectivity index (χ1n) is 10.9. The van der Waals surface area contributed by atoms with Crippen molar-refractivity contribution in [2.75, 3.05) is 6.61 Å². The molecule has 1 heterocycles. The van der Waals surface area contributed by atoms with E-state index in [-0.39, 0.29) is 36.7 Å². The molecule has 1 aliphatic carbocycles. The molecule has 0 radical (unpaired) electrons. The van der Waals surface area contributed by atoms with Gasteiger partial charge in [-0.1, -0.05) is 60.6 Å². The van der Waals surface area contributed by atoms with Crippen molar-refractivity contribution in [2.24, 2.45) is 0 Å². The van der Waals surface area contributed by atoms with Crippen LogP contribution in [0, 0.1) is 0 Å². The van der Waals surface area contributed by atoms with Crippen LogP contribution in [0.5, 0.6) is 0 Å². The number of aliphatic carboxylic acids is 1. The van der Waals surface area contributed by atoms with Crippen LogP contribution >= 0.6 is 0 Å². The molecule has 3 aromatic rings. The lowest BCUT2D eigenvalue weighted by Gasteiger charge is -2.24. The van der Waals surface area contributed by atoms with Gasteiger partial charge in [0, 0.05) is 5.92 Å². The second-order valence-electron chi connectivity index (χ2n) is 8.30. The van der Waals surface area contributed by atoms with Crippen LogP contribution in [0.25, 0.3) is 11.1 Å². The summed E-state index contributed by atoms with van der Waals surface area (Å²) in [4.78, 5) is 36.4. The first kappa shape index (κ1) is 23.0. The number of aromatic nitrogens is 1. The van der Waals surface area contributed by atoms with Crippen LogP contribution in [-0.2, 0) is 16.1 Å². The second-order valence-corrected chi connectivity index (χ2v) is 8.30. The van der Waals surface area contributed by atoms with E-state index < -0.39 is 23.5 Å². The van der Waals surface area contributed by atoms with Gasteiger partial charge in [0.2, 0.25) is 0 Å². The molecule has 4 rings (SSSR count). The van der Waals surface area contributed by atoms with Crippen LogP contribution in [0.3, 0.4) is 0 Å². The molecule has 0 bridgehead atoms. The second kappa shape index (κ2) is 9.38. The average molecular weight is 463 g/mol. The lowest BCUT2D eigenvalue weighted by Crippen LogP contribution is -2.51. The fourth-order valence-electron chi connectivity index (χ4n) is 3.99. The Morgan fingerprint density at radius 1 is 1.09 bits per heavy atom. The van der Waals surface area contributed by atoms with E-state index in [1.165, 1.54) is 6.92 Å². The highest BCUT2D eigenvalue weighted by Gasteiger charge is 2.34. The van der Waals surface area contributed by atoms with Gasteiger partial charge in [-0.25, -0.2) is 9.59 Å². The molecule has 9 nitrogen and oxygen atoms in total. The molecule has 0 spiro atoms. The first-order valence-corrected chi connectivity index (χ1v) is 10.9. The predicted molar refractivity (Wildman–Crippen MR) is 122 cm³/mol. The standard InChI is InChI=1S/C25H25N3O6/c1-3-25(2,23(30)31)27-22(29)20-14-34-28-21(20)12-26-24(32)33-13-19-17-10-6-4-8-15(17)16-9-5-7-11-18(16)19/h4-11,14,19H,3,12-13H2,1-2H3,(H,26,32)(H,27,29)(H,30,31). The molecule has 34 heavy (non-hydrogen) atoms. The molecule has 1 aromatic heterocycles. The molecule has 0 fully saturated rings. The van der Waals surface area contributed by atoms with Crippen LogP contribution in [0.2, 0.25) is 0 Å². The van der Waals surface area contributed by atoms with Gasteiger partial charge in [0.1, 0.15) is 29.7 Å². The number of benzene rings is 2. The van der Waals surface area contributed by atoms with Crippen molar-refractivity contribution in [1.29, 1.82) is 0 Å². The maximum atomic E-state index is 12.6. The highest BCUT2D eigenvalue weighted by atomic mass is 16.5. The van der Waals surface area contributed by atoms with E-state index in [0.717, 1.165) is 28.5 Å². The van der Waals surface area contributed by atoms with Crippen molar-refractivity contribution in [1.82, 2.24) is 15.8 Å². The molecule has 0 saturated heterocycles. The fraction of sp³-hybridized carbons (Fsp3) is 0.280. The third-order valence-electron chi connectivity index (χ3n) is 6.20. The normalized spacial score (nSPS) is 13.9. The Morgan fingerprint density at radius 3 is 2.29 bits per heavy atom. The van der Waals surface area contributed by atoms with Gasteiger partial charge in [0.25, 0.3) is 5.91 Å². The summed E-state index contributed by atoms with van der Waals surface area (Å²) in [5, 5.41) is 18.2. The zero-order chi connectivity index (χ0) is 24.3. The summed E-state index contributed by atoms with van der Waals surface area (Å²) >= 11 is 0. The van der Waals surface area contributed by atoms with Crippen molar-refractivity contribution in [3.63, 3.8) is 0 Å². The molecule has 1 atom stereocenters. The van der Waals surface area contributed by atoms with E-state index >= 15 is 0 Å². The number of hydrogen-bond acceptors (Lipinski definition) is 6. The summed E-state index contributed by atoms with van der Waals surface area (Å²) in [6, 6.07) is 16.1. The van der Waals surface area contributed by atoms with Crippen molar-refractivity contribution in [3.05, 3.63) is 77.2 Å². The van der Waals surface area contributed by atoms with E-state index in [1.54, 1.807) is 6.92 Å². The monoisotopic (exact) mass is 463 g/mol. The molecule has 1 aliphatic rings. The van der Waals surface area contributed by atoms with Crippen molar-refractivity contribution < 1.29 is 28.8 Å². The van der Waals surface area contributed by atoms with Gasteiger partial charge in [-0.3, -0.25) is 4.79 Å². The summed E-state index contributed by atoms with van der Waals surface area (Å²) in [6.07, 6.45) is 0.634. The van der Waals surface area contributed by atoms with E-state index in [2.05, 4.69) is 27.9 Å². The van der Waals surface area contributed by atoms with Crippen LogP contribution in [0.15, 0.2) is 59.3 Å². The third kappa shape index (κ3) is 4.36. The summed E-state index contributed by atoms with van der Waals surface area (Å²) in [5.41, 5.74) is 3.23. The number of carbonyl (C=O) groups is 3. The van der Waals surface area contributed by atoms with Crippen LogP contribution in [-0.4, -0.2) is 40.4 Å². The number of nitrogens with one attached hydrogen (secondary N) is 2. The maximum absolute atomic E-state index is 12.6. The number of alkyl carbamates (subject to hydrolysis) is 1. The topological polar surface area (TPSA) is 131 Å². The average Bonchev–Trinajstić information content (AvgIpc) is 3.44. The predicted octanol–water partition coefficient (Wildman–Crippen LogP) is 3.70. The number of rotatable bonds is 8. The number of hydrogen-bond donors (Lipinski definition) is 3. The number of ether oxygens (including phenoxy) is 1. The molecule has 0 saturated carbocycles. The lowest BCUT2D eigenvalue weighted by atomic mass is 9.98. The number of carbonyl (C=O) groups excluding carboxylic acids is 2. The Labute approximate surface area is 196 Å². The molecule has 3 N–H and O–H groups in total. The van der Waals surface area contributed by atoms with Crippen molar-refractivity contribution in [2.45, 2.75) is 38.3 Å². The van der Waals surface area contributed by atoms with Crippen LogP contribution in [0.4, 0.5) is 4.79 Å². The SMILES string of the molecule is CCC(C)(NC(=O)c1conc1CNC(=O)OCC1c2ccccc2-c2ccccc21)C(=O)O. The quantitative estimate of drug-likeness (QED) is 0.464. The molecule has 2 aromatic carbocycles. The Morgan fingerprint density at radius 2 is 1.71 bits per heavy atom. The van der Waals surface area contributed by atoms with E-state index in [9.17, 15) is 19.5 Å². The summed E-state index contributed by atoms with van der Waals surface area (Å²) in [6.45, 7) is 3.10. The molecule has 1 unspecified atom stereocenters. The van der Waals surface area contributed by atoms with Gasteiger partial charge in [-0.05, 0) is 35.6 Å². The summed E-state index contributed by atoms with van der Waals surface area (Å²) in [5.74, 6) is -1.88. The number of nitrogens with zero attached hydrogens (tertiary/aromatic N) is 1. The zero-order valence-corrected chi connectivity index (χ0v) is 18.8. The van der Waals surface area contributed by atoms with Crippen molar-refractivity contribution in [3.8, 4) is 11.1 Å².